The first-order valence-electron chi connectivity index (χ1n) is 9.58. The SMILES string of the molecule is CC(C)(C)c1ccc(-c2cccc(-c3ccc(C(C)(C)C)cc3)c2Br)cc1. The summed E-state index contributed by atoms with van der Waals surface area (Å²) in [5.41, 5.74) is 8.00. The smallest absolute Gasteiger partial charge is 0.0332 e. The maximum absolute atomic E-state index is 3.87. The van der Waals surface area contributed by atoms with Gasteiger partial charge in [0.25, 0.3) is 0 Å². The Kier molecular flexibility index (Phi) is 5.36. The van der Waals surface area contributed by atoms with Crippen LogP contribution in [0.1, 0.15) is 52.7 Å². The summed E-state index contributed by atoms with van der Waals surface area (Å²) >= 11 is 3.87. The van der Waals surface area contributed by atoms with Crippen molar-refractivity contribution >= 4 is 15.9 Å². The molecule has 0 heterocycles. The molecule has 0 nitrogen and oxygen atoms in total. The molecule has 3 aromatic carbocycles. The van der Waals surface area contributed by atoms with Crippen molar-refractivity contribution in [1.29, 1.82) is 0 Å². The average Bonchev–Trinajstić information content (AvgIpc) is 2.61. The zero-order valence-electron chi connectivity index (χ0n) is 17.2. The fourth-order valence-corrected chi connectivity index (χ4v) is 4.00. The first kappa shape index (κ1) is 19.9. The molecule has 0 aliphatic heterocycles. The standard InChI is InChI=1S/C26H29Br/c1-25(2,3)20-14-10-18(11-15-20)22-8-7-9-23(24(22)27)19-12-16-21(17-13-19)26(4,5)6/h7-17H,1-6H3. The highest BCUT2D eigenvalue weighted by Crippen LogP contribution is 2.38. The van der Waals surface area contributed by atoms with Crippen LogP contribution in [0.3, 0.4) is 0 Å². The van der Waals surface area contributed by atoms with Crippen LogP contribution in [-0.4, -0.2) is 0 Å². The number of benzene rings is 3. The number of rotatable bonds is 2. The summed E-state index contributed by atoms with van der Waals surface area (Å²) in [6.07, 6.45) is 0. The van der Waals surface area contributed by atoms with Crippen LogP contribution in [-0.2, 0) is 10.8 Å². The van der Waals surface area contributed by atoms with Crippen molar-refractivity contribution in [2.24, 2.45) is 0 Å². The summed E-state index contributed by atoms with van der Waals surface area (Å²) < 4.78 is 1.15. The quantitative estimate of drug-likeness (QED) is 0.390. The van der Waals surface area contributed by atoms with E-state index in [1.165, 1.54) is 33.4 Å². The van der Waals surface area contributed by atoms with E-state index in [0.29, 0.717) is 0 Å². The highest BCUT2D eigenvalue weighted by atomic mass is 79.9. The third-order valence-electron chi connectivity index (χ3n) is 5.12. The zero-order chi connectivity index (χ0) is 19.8. The first-order valence-corrected chi connectivity index (χ1v) is 10.4. The van der Waals surface area contributed by atoms with Gasteiger partial charge in [0.2, 0.25) is 0 Å². The Balaban J connectivity index is 1.99. The van der Waals surface area contributed by atoms with Crippen LogP contribution in [0, 0.1) is 0 Å². The third-order valence-corrected chi connectivity index (χ3v) is 5.98. The van der Waals surface area contributed by atoms with Gasteiger partial charge in [-0.1, -0.05) is 108 Å². The molecule has 0 atom stereocenters. The van der Waals surface area contributed by atoms with E-state index in [2.05, 4.69) is 124 Å². The topological polar surface area (TPSA) is 0 Å². The van der Waals surface area contributed by atoms with Crippen molar-refractivity contribution in [3.05, 3.63) is 82.3 Å². The molecule has 0 saturated heterocycles. The molecule has 0 saturated carbocycles. The van der Waals surface area contributed by atoms with E-state index in [0.717, 1.165) is 4.47 Å². The molecule has 0 bridgehead atoms. The molecule has 140 valence electrons. The highest BCUT2D eigenvalue weighted by molar-refractivity contribution is 9.10. The van der Waals surface area contributed by atoms with Crippen molar-refractivity contribution in [2.45, 2.75) is 52.4 Å². The van der Waals surface area contributed by atoms with Gasteiger partial charge in [0.05, 0.1) is 0 Å². The monoisotopic (exact) mass is 420 g/mol. The van der Waals surface area contributed by atoms with E-state index in [-0.39, 0.29) is 10.8 Å². The Labute approximate surface area is 172 Å². The second-order valence-electron chi connectivity index (χ2n) is 9.32. The molecule has 0 aromatic heterocycles. The lowest BCUT2D eigenvalue weighted by Crippen LogP contribution is -2.10. The molecular weight excluding hydrogens is 392 g/mol. The lowest BCUT2D eigenvalue weighted by atomic mass is 9.85. The summed E-state index contributed by atoms with van der Waals surface area (Å²) in [4.78, 5) is 0. The normalized spacial score (nSPS) is 12.3. The van der Waals surface area contributed by atoms with Crippen LogP contribution >= 0.6 is 15.9 Å². The van der Waals surface area contributed by atoms with Gasteiger partial charge in [-0.05, 0) is 60.1 Å². The fraction of sp³-hybridized carbons (Fsp3) is 0.308. The summed E-state index contributed by atoms with van der Waals surface area (Å²) in [6, 6.07) is 24.4. The first-order chi connectivity index (χ1) is 12.6. The van der Waals surface area contributed by atoms with E-state index in [1.807, 2.05) is 0 Å². The Morgan fingerprint density at radius 2 is 0.852 bits per heavy atom. The maximum Gasteiger partial charge on any atom is 0.0332 e. The highest BCUT2D eigenvalue weighted by Gasteiger charge is 2.16. The van der Waals surface area contributed by atoms with Crippen LogP contribution in [0.15, 0.2) is 71.2 Å². The van der Waals surface area contributed by atoms with E-state index in [1.54, 1.807) is 0 Å². The molecule has 0 fully saturated rings. The minimum Gasteiger partial charge on any atom is -0.0610 e. The largest absolute Gasteiger partial charge is 0.0610 e. The van der Waals surface area contributed by atoms with Gasteiger partial charge in [0.1, 0.15) is 0 Å². The van der Waals surface area contributed by atoms with Crippen LogP contribution in [0.2, 0.25) is 0 Å². The summed E-state index contributed by atoms with van der Waals surface area (Å²) in [5.74, 6) is 0. The van der Waals surface area contributed by atoms with Crippen molar-refractivity contribution < 1.29 is 0 Å². The van der Waals surface area contributed by atoms with Gasteiger partial charge < -0.3 is 0 Å². The lowest BCUT2D eigenvalue weighted by Gasteiger charge is -2.20. The molecule has 3 aromatic rings. The van der Waals surface area contributed by atoms with Crippen LogP contribution < -0.4 is 0 Å². The van der Waals surface area contributed by atoms with Gasteiger partial charge in [-0.15, -0.1) is 0 Å². The predicted molar refractivity (Wildman–Crippen MR) is 122 cm³/mol. The zero-order valence-corrected chi connectivity index (χ0v) is 18.8. The summed E-state index contributed by atoms with van der Waals surface area (Å²) in [7, 11) is 0. The summed E-state index contributed by atoms with van der Waals surface area (Å²) in [5, 5.41) is 0. The van der Waals surface area contributed by atoms with Gasteiger partial charge in [0.15, 0.2) is 0 Å². The molecule has 3 rings (SSSR count). The third kappa shape index (κ3) is 4.35. The van der Waals surface area contributed by atoms with Crippen LogP contribution in [0.4, 0.5) is 0 Å². The van der Waals surface area contributed by atoms with E-state index >= 15 is 0 Å². The van der Waals surface area contributed by atoms with Crippen molar-refractivity contribution in [3.63, 3.8) is 0 Å². The number of hydrogen-bond donors (Lipinski definition) is 0. The maximum atomic E-state index is 3.87. The second kappa shape index (κ2) is 7.28. The molecule has 0 radical (unpaired) electrons. The van der Waals surface area contributed by atoms with Gasteiger partial charge in [-0.25, -0.2) is 0 Å². The van der Waals surface area contributed by atoms with Gasteiger partial charge in [0, 0.05) is 4.47 Å². The van der Waals surface area contributed by atoms with Gasteiger partial charge >= 0.3 is 0 Å². The molecule has 0 unspecified atom stereocenters. The van der Waals surface area contributed by atoms with E-state index in [9.17, 15) is 0 Å². The molecule has 1 heteroatoms. The molecule has 0 aliphatic rings. The van der Waals surface area contributed by atoms with Crippen LogP contribution in [0.25, 0.3) is 22.3 Å². The van der Waals surface area contributed by atoms with E-state index in [4.69, 9.17) is 0 Å². The Morgan fingerprint density at radius 3 is 1.15 bits per heavy atom. The van der Waals surface area contributed by atoms with Crippen molar-refractivity contribution in [1.82, 2.24) is 0 Å². The minimum atomic E-state index is 0.173. The van der Waals surface area contributed by atoms with Gasteiger partial charge in [-0.3, -0.25) is 0 Å². The average molecular weight is 421 g/mol. The molecule has 27 heavy (non-hydrogen) atoms. The van der Waals surface area contributed by atoms with Crippen molar-refractivity contribution in [2.75, 3.05) is 0 Å². The molecule has 0 N–H and O–H groups in total. The van der Waals surface area contributed by atoms with Crippen molar-refractivity contribution in [3.8, 4) is 22.3 Å². The fourth-order valence-electron chi connectivity index (χ4n) is 3.28. The molecule has 0 aliphatic carbocycles. The summed E-state index contributed by atoms with van der Waals surface area (Å²) in [6.45, 7) is 13.5. The van der Waals surface area contributed by atoms with Gasteiger partial charge in [-0.2, -0.15) is 0 Å². The molecule has 0 spiro atoms. The minimum absolute atomic E-state index is 0.173. The Morgan fingerprint density at radius 1 is 0.519 bits per heavy atom. The second-order valence-corrected chi connectivity index (χ2v) is 10.1. The Bertz CT molecular complexity index is 842. The predicted octanol–water partition coefficient (Wildman–Crippen LogP) is 8.38. The number of halogens is 1. The number of hydrogen-bond acceptors (Lipinski definition) is 0. The Hall–Kier alpha value is -1.86. The van der Waals surface area contributed by atoms with E-state index < -0.39 is 0 Å². The molecule has 0 amide bonds. The lowest BCUT2D eigenvalue weighted by molar-refractivity contribution is 0.590. The molecular formula is C26H29Br. The van der Waals surface area contributed by atoms with Crippen LogP contribution in [0.5, 0.6) is 0 Å².